The lowest BCUT2D eigenvalue weighted by atomic mass is 9.83. The molecule has 10 heteroatoms. The molecule has 4 amide bonds. The van der Waals surface area contributed by atoms with E-state index in [0.717, 1.165) is 37.7 Å². The Morgan fingerprint density at radius 3 is 2.20 bits per heavy atom. The van der Waals surface area contributed by atoms with E-state index in [2.05, 4.69) is 41.7 Å². The van der Waals surface area contributed by atoms with Gasteiger partial charge in [0.1, 0.15) is 17.7 Å². The molecule has 0 unspecified atom stereocenters. The highest BCUT2D eigenvalue weighted by molar-refractivity contribution is 5.93. The molecule has 0 saturated heterocycles. The van der Waals surface area contributed by atoms with Gasteiger partial charge in [-0.15, -0.1) is 0 Å². The van der Waals surface area contributed by atoms with Gasteiger partial charge in [0, 0.05) is 25.0 Å². The molecule has 0 radical (unpaired) electrons. The Balaban J connectivity index is 2.09. The minimum Gasteiger partial charge on any atom is -0.444 e. The molecule has 10 nitrogen and oxygen atoms in total. The third-order valence-electron chi connectivity index (χ3n) is 7.93. The van der Waals surface area contributed by atoms with Gasteiger partial charge < -0.3 is 31.1 Å². The molecule has 4 atom stereocenters. The molecular formula is C35H56N4O6. The number of carbonyl (C=O) groups excluding carboxylic acids is 4. The Morgan fingerprint density at radius 1 is 0.956 bits per heavy atom. The summed E-state index contributed by atoms with van der Waals surface area (Å²) in [7, 11) is 0. The van der Waals surface area contributed by atoms with Crippen molar-refractivity contribution >= 4 is 23.8 Å². The van der Waals surface area contributed by atoms with Gasteiger partial charge in [-0.25, -0.2) is 4.79 Å². The molecular weight excluding hydrogens is 572 g/mol. The van der Waals surface area contributed by atoms with Crippen LogP contribution < -0.4 is 21.3 Å². The summed E-state index contributed by atoms with van der Waals surface area (Å²) in [6, 6.07) is 6.68. The maximum Gasteiger partial charge on any atom is 0.408 e. The molecule has 0 heterocycles. The van der Waals surface area contributed by atoms with Crippen LogP contribution in [0.3, 0.4) is 0 Å². The van der Waals surface area contributed by atoms with Crippen molar-refractivity contribution in [1.29, 1.82) is 0 Å². The predicted octanol–water partition coefficient (Wildman–Crippen LogP) is 4.55. The molecule has 1 aliphatic rings. The first kappa shape index (κ1) is 37.8. The smallest absolute Gasteiger partial charge is 0.408 e. The fraction of sp³-hybridized carbons (Fsp3) is 0.657. The second kappa shape index (κ2) is 18.5. The summed E-state index contributed by atoms with van der Waals surface area (Å²) >= 11 is 0. The zero-order valence-electron chi connectivity index (χ0n) is 28.1. The van der Waals surface area contributed by atoms with Crippen molar-refractivity contribution in [2.24, 2.45) is 11.8 Å². The highest BCUT2D eigenvalue weighted by Gasteiger charge is 2.31. The SMILES string of the molecule is C=C(C[C@H](O)[C@H](CC1CCCCC1)NC(=O)[C@H](C)NC(=O)[C@H](Cc1ccccc1)NC(=O)OC(C)(C)C)C(=O)NCCC(C)C. The van der Waals surface area contributed by atoms with Crippen LogP contribution in [-0.4, -0.2) is 65.3 Å². The van der Waals surface area contributed by atoms with Crippen LogP contribution in [-0.2, 0) is 25.5 Å². The van der Waals surface area contributed by atoms with E-state index in [0.29, 0.717) is 24.8 Å². The van der Waals surface area contributed by atoms with Crippen LogP contribution in [0.15, 0.2) is 42.5 Å². The summed E-state index contributed by atoms with van der Waals surface area (Å²) in [5, 5.41) is 22.4. The van der Waals surface area contributed by atoms with E-state index >= 15 is 0 Å². The predicted molar refractivity (Wildman–Crippen MR) is 176 cm³/mol. The summed E-state index contributed by atoms with van der Waals surface area (Å²) in [6.45, 7) is 15.3. The number of alkyl carbamates (subject to hydrolysis) is 1. The second-order valence-electron chi connectivity index (χ2n) is 13.8. The van der Waals surface area contributed by atoms with Crippen LogP contribution in [0, 0.1) is 11.8 Å². The number of carbonyl (C=O) groups is 4. The van der Waals surface area contributed by atoms with Crippen LogP contribution in [0.4, 0.5) is 4.79 Å². The Hall–Kier alpha value is -3.40. The van der Waals surface area contributed by atoms with Gasteiger partial charge >= 0.3 is 6.09 Å². The van der Waals surface area contributed by atoms with Crippen molar-refractivity contribution in [2.45, 2.75) is 129 Å². The van der Waals surface area contributed by atoms with Crippen LogP contribution in [0.2, 0.25) is 0 Å². The van der Waals surface area contributed by atoms with Gasteiger partial charge in [-0.3, -0.25) is 14.4 Å². The van der Waals surface area contributed by atoms with E-state index in [4.69, 9.17) is 4.74 Å². The number of amides is 4. The molecule has 2 rings (SSSR count). The van der Waals surface area contributed by atoms with E-state index in [-0.39, 0.29) is 24.3 Å². The van der Waals surface area contributed by atoms with E-state index in [1.807, 2.05) is 30.3 Å². The third-order valence-corrected chi connectivity index (χ3v) is 7.93. The van der Waals surface area contributed by atoms with Crippen molar-refractivity contribution in [1.82, 2.24) is 21.3 Å². The van der Waals surface area contributed by atoms with E-state index in [9.17, 15) is 24.3 Å². The molecule has 1 fully saturated rings. The van der Waals surface area contributed by atoms with E-state index in [1.165, 1.54) is 6.42 Å². The van der Waals surface area contributed by atoms with Gasteiger partial charge in [0.15, 0.2) is 0 Å². The first-order valence-electron chi connectivity index (χ1n) is 16.4. The van der Waals surface area contributed by atoms with Gasteiger partial charge in [-0.2, -0.15) is 0 Å². The van der Waals surface area contributed by atoms with Gasteiger partial charge in [0.25, 0.3) is 0 Å². The van der Waals surface area contributed by atoms with Crippen LogP contribution >= 0.6 is 0 Å². The molecule has 252 valence electrons. The van der Waals surface area contributed by atoms with Crippen LogP contribution in [0.5, 0.6) is 0 Å². The number of aliphatic hydroxyl groups excluding tert-OH is 1. The van der Waals surface area contributed by atoms with Crippen LogP contribution in [0.1, 0.15) is 98.5 Å². The molecule has 5 N–H and O–H groups in total. The Labute approximate surface area is 269 Å². The number of rotatable bonds is 16. The highest BCUT2D eigenvalue weighted by Crippen LogP contribution is 2.29. The van der Waals surface area contributed by atoms with E-state index in [1.54, 1.807) is 27.7 Å². The Bertz CT molecular complexity index is 1110. The van der Waals surface area contributed by atoms with Gasteiger partial charge in [0.05, 0.1) is 12.1 Å². The quantitative estimate of drug-likeness (QED) is 0.170. The summed E-state index contributed by atoms with van der Waals surface area (Å²) in [6.07, 6.45) is 5.26. The van der Waals surface area contributed by atoms with Gasteiger partial charge in [-0.1, -0.05) is 82.9 Å². The maximum atomic E-state index is 13.4. The van der Waals surface area contributed by atoms with Crippen LogP contribution in [0.25, 0.3) is 0 Å². The second-order valence-corrected chi connectivity index (χ2v) is 13.8. The first-order valence-corrected chi connectivity index (χ1v) is 16.4. The number of aliphatic hydroxyl groups is 1. The fourth-order valence-corrected chi connectivity index (χ4v) is 5.38. The van der Waals surface area contributed by atoms with E-state index < -0.39 is 47.7 Å². The molecule has 1 saturated carbocycles. The van der Waals surface area contributed by atoms with Crippen molar-refractivity contribution in [3.05, 3.63) is 48.0 Å². The molecule has 45 heavy (non-hydrogen) atoms. The largest absolute Gasteiger partial charge is 0.444 e. The summed E-state index contributed by atoms with van der Waals surface area (Å²) in [5.41, 5.74) is 0.335. The Kier molecular flexibility index (Phi) is 15.6. The van der Waals surface area contributed by atoms with Crippen molar-refractivity contribution < 1.29 is 29.0 Å². The molecule has 0 aliphatic heterocycles. The highest BCUT2D eigenvalue weighted by atomic mass is 16.6. The number of nitrogens with one attached hydrogen (secondary N) is 4. The van der Waals surface area contributed by atoms with Gasteiger partial charge in [-0.05, 0) is 57.9 Å². The monoisotopic (exact) mass is 628 g/mol. The number of hydrogen-bond acceptors (Lipinski definition) is 6. The lowest BCUT2D eigenvalue weighted by Crippen LogP contribution is -2.56. The molecule has 1 aromatic rings. The molecule has 0 bridgehead atoms. The summed E-state index contributed by atoms with van der Waals surface area (Å²) in [5.74, 6) is -0.525. The number of benzene rings is 1. The van der Waals surface area contributed by atoms with Gasteiger partial charge in [0.2, 0.25) is 17.7 Å². The number of hydrogen-bond donors (Lipinski definition) is 5. The normalized spacial score (nSPS) is 16.5. The number of ether oxygens (including phenoxy) is 1. The molecule has 1 aromatic carbocycles. The standard InChI is InChI=1S/C35H56N4O6/c1-23(2)18-19-36-31(41)24(3)20-30(40)28(21-26-14-10-8-11-15-26)38-32(42)25(4)37-33(43)29(22-27-16-12-9-13-17-27)39-34(44)45-35(5,6)7/h9,12-13,16-17,23,25-26,28-30,40H,3,8,10-11,14-15,18-22H2,1-2,4-7H3,(H,36,41)(H,37,43)(H,38,42)(H,39,44)/t25-,28-,29-,30-/m0/s1. The lowest BCUT2D eigenvalue weighted by molar-refractivity contribution is -0.130. The molecule has 1 aliphatic carbocycles. The summed E-state index contributed by atoms with van der Waals surface area (Å²) in [4.78, 5) is 51.9. The Morgan fingerprint density at radius 2 is 1.60 bits per heavy atom. The zero-order chi connectivity index (χ0) is 33.6. The average molecular weight is 629 g/mol. The summed E-state index contributed by atoms with van der Waals surface area (Å²) < 4.78 is 5.37. The average Bonchev–Trinajstić information content (AvgIpc) is 2.96. The first-order chi connectivity index (χ1) is 21.1. The molecule has 0 spiro atoms. The minimum atomic E-state index is -1.03. The molecule has 0 aromatic heterocycles. The minimum absolute atomic E-state index is 0.0187. The fourth-order valence-electron chi connectivity index (χ4n) is 5.38. The third kappa shape index (κ3) is 15.0. The van der Waals surface area contributed by atoms with Crippen molar-refractivity contribution in [3.8, 4) is 0 Å². The lowest BCUT2D eigenvalue weighted by Gasteiger charge is -2.31. The maximum absolute atomic E-state index is 13.4. The topological polar surface area (TPSA) is 146 Å². The van der Waals surface area contributed by atoms with Crippen molar-refractivity contribution in [2.75, 3.05) is 6.54 Å². The zero-order valence-corrected chi connectivity index (χ0v) is 28.1. The van der Waals surface area contributed by atoms with Crippen molar-refractivity contribution in [3.63, 3.8) is 0 Å².